The first-order chi connectivity index (χ1) is 14.3. The number of hydrogen-bond donors (Lipinski definition) is 0. The fourth-order valence-electron chi connectivity index (χ4n) is 5.00. The Labute approximate surface area is 167 Å². The van der Waals surface area contributed by atoms with Gasteiger partial charge in [-0.2, -0.15) is 0 Å². The Kier molecular flexibility index (Phi) is 2.62. The van der Waals surface area contributed by atoms with Crippen LogP contribution in [-0.4, -0.2) is 4.40 Å². The number of hydrogen-bond acceptors (Lipinski definition) is 0. The van der Waals surface area contributed by atoms with E-state index in [0.717, 1.165) is 5.56 Å². The molecule has 1 nitrogen and oxygen atoms in total. The lowest BCUT2D eigenvalue weighted by atomic mass is 10.0. The zero-order valence-electron chi connectivity index (χ0n) is 15.6. The molecule has 0 N–H and O–H groups in total. The summed E-state index contributed by atoms with van der Waals surface area (Å²) >= 11 is 0. The minimum absolute atomic E-state index is 0.931. The standard InChI is InChI=1S/C28H15N/c1-2-17-11-24-22-13-18-7-3-5-9-20(18)15-26(22)29-27-16-21-10-6-4-8-19(21)14-23(27)25(12-17)28(24)29/h1,3-16H. The van der Waals surface area contributed by atoms with Gasteiger partial charge < -0.3 is 4.40 Å². The second-order valence-electron chi connectivity index (χ2n) is 7.83. The SMILES string of the molecule is C#Cc1cc2c3cc4ccccc4cc3n3c4cc5ccccc5cc4c(c1)c23. The second-order valence-corrected chi connectivity index (χ2v) is 7.83. The summed E-state index contributed by atoms with van der Waals surface area (Å²) in [6.45, 7) is 0. The van der Waals surface area contributed by atoms with Gasteiger partial charge in [-0.25, -0.2) is 0 Å². The molecule has 7 aromatic rings. The van der Waals surface area contributed by atoms with Crippen LogP contribution in [0.3, 0.4) is 0 Å². The summed E-state index contributed by atoms with van der Waals surface area (Å²) in [6, 6.07) is 30.7. The Balaban J connectivity index is 1.84. The van der Waals surface area contributed by atoms with Gasteiger partial charge in [0.05, 0.1) is 16.6 Å². The summed E-state index contributed by atoms with van der Waals surface area (Å²) in [5, 5.41) is 10.0. The molecule has 0 saturated heterocycles. The second kappa shape index (κ2) is 5.07. The van der Waals surface area contributed by atoms with Crippen LogP contribution in [0.25, 0.3) is 59.6 Å². The molecule has 0 spiro atoms. The molecule has 0 aliphatic carbocycles. The van der Waals surface area contributed by atoms with E-state index in [2.05, 4.69) is 95.3 Å². The third-order valence-electron chi connectivity index (χ3n) is 6.29. The maximum absolute atomic E-state index is 5.84. The summed E-state index contributed by atoms with van der Waals surface area (Å²) in [4.78, 5) is 0. The van der Waals surface area contributed by atoms with Crippen molar-refractivity contribution in [3.05, 3.63) is 90.5 Å². The Morgan fingerprint density at radius 3 is 1.45 bits per heavy atom. The van der Waals surface area contributed by atoms with E-state index in [4.69, 9.17) is 6.42 Å². The highest BCUT2D eigenvalue weighted by atomic mass is 14.9. The molecule has 0 amide bonds. The van der Waals surface area contributed by atoms with Crippen LogP contribution in [0.1, 0.15) is 5.56 Å². The molecule has 7 rings (SSSR count). The molecule has 0 radical (unpaired) electrons. The Bertz CT molecular complexity index is 1690. The number of fused-ring (bicyclic) bond motifs is 8. The van der Waals surface area contributed by atoms with Crippen LogP contribution in [0.15, 0.2) is 84.9 Å². The molecule has 2 heterocycles. The fraction of sp³-hybridized carbons (Fsp3) is 0. The van der Waals surface area contributed by atoms with E-state index in [9.17, 15) is 0 Å². The van der Waals surface area contributed by atoms with Gasteiger partial charge in [-0.3, -0.25) is 0 Å². The third kappa shape index (κ3) is 1.81. The highest BCUT2D eigenvalue weighted by Gasteiger charge is 2.19. The first-order valence-electron chi connectivity index (χ1n) is 9.83. The first-order valence-corrected chi connectivity index (χ1v) is 9.83. The van der Waals surface area contributed by atoms with Crippen LogP contribution >= 0.6 is 0 Å². The summed E-state index contributed by atoms with van der Waals surface area (Å²) < 4.78 is 2.43. The molecule has 132 valence electrons. The average Bonchev–Trinajstić information content (AvgIpc) is 3.26. The number of nitrogens with zero attached hydrogens (tertiary/aromatic N) is 1. The number of rotatable bonds is 0. The lowest BCUT2D eigenvalue weighted by Gasteiger charge is -2.03. The quantitative estimate of drug-likeness (QED) is 0.252. The van der Waals surface area contributed by atoms with Crippen molar-refractivity contribution in [2.75, 3.05) is 0 Å². The van der Waals surface area contributed by atoms with E-state index in [-0.39, 0.29) is 0 Å². The van der Waals surface area contributed by atoms with Crippen molar-refractivity contribution in [1.29, 1.82) is 0 Å². The molecule has 0 atom stereocenters. The van der Waals surface area contributed by atoms with Crippen molar-refractivity contribution in [2.24, 2.45) is 0 Å². The Morgan fingerprint density at radius 1 is 0.552 bits per heavy atom. The number of benzene rings is 5. The summed E-state index contributed by atoms with van der Waals surface area (Å²) in [6.07, 6.45) is 5.84. The molecule has 1 heteroatoms. The lowest BCUT2D eigenvalue weighted by molar-refractivity contribution is 1.38. The highest BCUT2D eigenvalue weighted by Crippen LogP contribution is 2.42. The van der Waals surface area contributed by atoms with E-state index in [0.29, 0.717) is 0 Å². The van der Waals surface area contributed by atoms with Gasteiger partial charge in [0, 0.05) is 27.1 Å². The molecule has 0 unspecified atom stereocenters. The molecule has 0 aliphatic rings. The van der Waals surface area contributed by atoms with Crippen molar-refractivity contribution >= 4 is 59.6 Å². The first kappa shape index (κ1) is 15.0. The third-order valence-corrected chi connectivity index (χ3v) is 6.29. The zero-order chi connectivity index (χ0) is 19.1. The summed E-state index contributed by atoms with van der Waals surface area (Å²) in [7, 11) is 0. The number of terminal acetylenes is 1. The Morgan fingerprint density at radius 2 is 1.00 bits per heavy atom. The van der Waals surface area contributed by atoms with Crippen molar-refractivity contribution in [1.82, 2.24) is 4.40 Å². The van der Waals surface area contributed by atoms with Gasteiger partial charge in [0.2, 0.25) is 0 Å². The van der Waals surface area contributed by atoms with Gasteiger partial charge in [-0.15, -0.1) is 6.42 Å². The normalized spacial score (nSPS) is 12.1. The topological polar surface area (TPSA) is 4.41 Å². The largest absolute Gasteiger partial charge is 0.308 e. The molecule has 5 aromatic carbocycles. The molecule has 0 aliphatic heterocycles. The maximum atomic E-state index is 5.84. The van der Waals surface area contributed by atoms with Crippen LogP contribution in [0.4, 0.5) is 0 Å². The van der Waals surface area contributed by atoms with Crippen LogP contribution in [0.2, 0.25) is 0 Å². The molecule has 0 fully saturated rings. The van der Waals surface area contributed by atoms with Gasteiger partial charge >= 0.3 is 0 Å². The van der Waals surface area contributed by atoms with Crippen LogP contribution in [-0.2, 0) is 0 Å². The molecule has 0 saturated carbocycles. The predicted octanol–water partition coefficient (Wildman–Crippen LogP) is 7.12. The molecular weight excluding hydrogens is 350 g/mol. The van der Waals surface area contributed by atoms with E-state index in [1.165, 1.54) is 59.6 Å². The minimum atomic E-state index is 0.931. The molecule has 0 bridgehead atoms. The Hall–Kier alpha value is -4.02. The highest BCUT2D eigenvalue weighted by molar-refractivity contribution is 6.26. The van der Waals surface area contributed by atoms with E-state index < -0.39 is 0 Å². The maximum Gasteiger partial charge on any atom is 0.0621 e. The fourth-order valence-corrected chi connectivity index (χ4v) is 5.00. The molecule has 2 aromatic heterocycles. The van der Waals surface area contributed by atoms with Crippen molar-refractivity contribution in [3.8, 4) is 12.3 Å². The van der Waals surface area contributed by atoms with Crippen LogP contribution in [0, 0.1) is 12.3 Å². The zero-order valence-corrected chi connectivity index (χ0v) is 15.6. The van der Waals surface area contributed by atoms with E-state index >= 15 is 0 Å². The van der Waals surface area contributed by atoms with E-state index in [1.54, 1.807) is 0 Å². The average molecular weight is 365 g/mol. The van der Waals surface area contributed by atoms with Gasteiger partial charge in [-0.05, 0) is 57.9 Å². The van der Waals surface area contributed by atoms with Crippen molar-refractivity contribution in [3.63, 3.8) is 0 Å². The van der Waals surface area contributed by atoms with Gasteiger partial charge in [0.1, 0.15) is 0 Å². The van der Waals surface area contributed by atoms with Crippen molar-refractivity contribution < 1.29 is 0 Å². The molecule has 29 heavy (non-hydrogen) atoms. The number of aromatic nitrogens is 1. The predicted molar refractivity (Wildman–Crippen MR) is 124 cm³/mol. The van der Waals surface area contributed by atoms with Crippen LogP contribution in [0.5, 0.6) is 0 Å². The van der Waals surface area contributed by atoms with Crippen molar-refractivity contribution in [2.45, 2.75) is 0 Å². The van der Waals surface area contributed by atoms with Gasteiger partial charge in [-0.1, -0.05) is 54.5 Å². The van der Waals surface area contributed by atoms with Gasteiger partial charge in [0.25, 0.3) is 0 Å². The smallest absolute Gasteiger partial charge is 0.0621 e. The van der Waals surface area contributed by atoms with Gasteiger partial charge in [0.15, 0.2) is 0 Å². The van der Waals surface area contributed by atoms with Crippen LogP contribution < -0.4 is 0 Å². The van der Waals surface area contributed by atoms with E-state index in [1.807, 2.05) is 0 Å². The minimum Gasteiger partial charge on any atom is -0.308 e. The summed E-state index contributed by atoms with van der Waals surface area (Å²) in [5.74, 6) is 2.87. The summed E-state index contributed by atoms with van der Waals surface area (Å²) in [5.41, 5.74) is 4.67. The monoisotopic (exact) mass is 365 g/mol. The molecular formula is C28H15N. The lowest BCUT2D eigenvalue weighted by Crippen LogP contribution is -1.82.